The monoisotopic (exact) mass is 258 g/mol. The Morgan fingerprint density at radius 3 is 2.62 bits per heavy atom. The van der Waals surface area contributed by atoms with Crippen LogP contribution in [0.25, 0.3) is 0 Å². The molecular weight excluding hydrogens is 252 g/mol. The second-order valence-corrected chi connectivity index (χ2v) is 3.28. The molecule has 0 unspecified atom stereocenters. The molecule has 1 aliphatic rings. The number of carbonyl (C=O) groups is 1. The summed E-state index contributed by atoms with van der Waals surface area (Å²) >= 11 is 5.29. The molecule has 16 heavy (non-hydrogen) atoms. The molecule has 90 valence electrons. The molecule has 0 amide bonds. The average molecular weight is 259 g/mol. The van der Waals surface area contributed by atoms with Gasteiger partial charge in [0, 0.05) is 6.54 Å². The normalized spacial score (nSPS) is 20.1. The zero-order chi connectivity index (χ0) is 12.5. The molecule has 1 aliphatic heterocycles. The number of hydrazine groups is 1. The van der Waals surface area contributed by atoms with E-state index < -0.39 is 29.0 Å². The third-order valence-corrected chi connectivity index (χ3v) is 2.12. The Labute approximate surface area is 93.3 Å². The van der Waals surface area contributed by atoms with Gasteiger partial charge in [-0.05, 0) is 0 Å². The number of rotatable bonds is 4. The predicted molar refractivity (Wildman–Crippen MR) is 48.9 cm³/mol. The van der Waals surface area contributed by atoms with Gasteiger partial charge in [0.15, 0.2) is 0 Å². The van der Waals surface area contributed by atoms with Crippen LogP contribution < -0.4 is 5.43 Å². The average Bonchev–Trinajstić information content (AvgIpc) is 2.37. The van der Waals surface area contributed by atoms with Gasteiger partial charge in [0.25, 0.3) is 0 Å². The van der Waals surface area contributed by atoms with Gasteiger partial charge in [0.05, 0.1) is 0 Å². The van der Waals surface area contributed by atoms with Gasteiger partial charge in [-0.25, -0.2) is 8.78 Å². The van der Waals surface area contributed by atoms with Crippen molar-refractivity contribution in [1.29, 1.82) is 0 Å². The number of carbonyl (C=O) groups excluding carboxylic acids is 1. The number of hydrogen-bond donors (Lipinski definition) is 1. The Kier molecular flexibility index (Phi) is 3.59. The van der Waals surface area contributed by atoms with Crippen LogP contribution in [0, 0.1) is 0 Å². The van der Waals surface area contributed by atoms with Crippen LogP contribution >= 0.6 is 11.6 Å². The molecule has 0 saturated heterocycles. The third kappa shape index (κ3) is 2.05. The second kappa shape index (κ2) is 4.42. The highest BCUT2D eigenvalue weighted by atomic mass is 35.5. The number of Topliss-reactive ketones (excluding diaryl/α,β-unsaturated/α-hetero) is 1. The molecule has 0 aliphatic carbocycles. The van der Waals surface area contributed by atoms with Crippen LogP contribution in [0.2, 0.25) is 0 Å². The number of hydrogen-bond acceptors (Lipinski definition) is 3. The van der Waals surface area contributed by atoms with Crippen LogP contribution in [-0.4, -0.2) is 29.8 Å². The molecule has 3 nitrogen and oxygen atoms in total. The molecule has 0 spiro atoms. The van der Waals surface area contributed by atoms with Crippen LogP contribution in [0.4, 0.5) is 17.6 Å². The molecule has 0 fully saturated rings. The summed E-state index contributed by atoms with van der Waals surface area (Å²) in [5, 5.41) is -0.546. The number of alkyl halides is 4. The van der Waals surface area contributed by atoms with E-state index in [1.54, 1.807) is 0 Å². The number of nitrogens with zero attached hydrogens (tertiary/aromatic N) is 1. The van der Waals surface area contributed by atoms with Crippen LogP contribution in [0.15, 0.2) is 23.4 Å². The van der Waals surface area contributed by atoms with Crippen LogP contribution in [0.1, 0.15) is 0 Å². The smallest absolute Gasteiger partial charge is 0.303 e. The minimum atomic E-state index is -3.88. The van der Waals surface area contributed by atoms with Crippen LogP contribution in [0.5, 0.6) is 0 Å². The molecule has 0 aromatic rings. The Hall–Kier alpha value is -1.08. The Balaban J connectivity index is 3.04. The summed E-state index contributed by atoms with van der Waals surface area (Å²) in [4.78, 5) is 10.9. The van der Waals surface area contributed by atoms with E-state index in [4.69, 9.17) is 11.6 Å². The fourth-order valence-corrected chi connectivity index (χ4v) is 1.48. The van der Waals surface area contributed by atoms with Crippen molar-refractivity contribution in [1.82, 2.24) is 10.4 Å². The Bertz CT molecular complexity index is 356. The van der Waals surface area contributed by atoms with Crippen LogP contribution in [0.3, 0.4) is 0 Å². The summed E-state index contributed by atoms with van der Waals surface area (Å²) in [6, 6.07) is -3.88. The van der Waals surface area contributed by atoms with E-state index in [-0.39, 0.29) is 11.6 Å². The summed E-state index contributed by atoms with van der Waals surface area (Å²) in [7, 11) is 0. The minimum absolute atomic E-state index is 0.248. The summed E-state index contributed by atoms with van der Waals surface area (Å²) in [5.41, 5.74) is 0.509. The molecule has 0 atom stereocenters. The fourth-order valence-electron chi connectivity index (χ4n) is 1.17. The van der Waals surface area contributed by atoms with E-state index >= 15 is 0 Å². The highest BCUT2D eigenvalue weighted by Gasteiger charge is 2.53. The molecule has 0 aromatic heterocycles. The molecule has 1 heterocycles. The molecule has 0 aromatic carbocycles. The highest BCUT2D eigenvalue weighted by molar-refractivity contribution is 6.32. The Morgan fingerprint density at radius 1 is 1.62 bits per heavy atom. The van der Waals surface area contributed by atoms with Crippen molar-refractivity contribution in [3.8, 4) is 0 Å². The second-order valence-electron chi connectivity index (χ2n) is 2.91. The molecule has 0 bridgehead atoms. The van der Waals surface area contributed by atoms with Gasteiger partial charge in [-0.15, -0.1) is 6.58 Å². The van der Waals surface area contributed by atoms with Gasteiger partial charge < -0.3 is 5.43 Å². The first-order valence-electron chi connectivity index (χ1n) is 4.08. The molecule has 1 N–H and O–H groups in total. The molecular formula is C8H7ClF4N2O. The first-order valence-corrected chi connectivity index (χ1v) is 4.45. The van der Waals surface area contributed by atoms with Crippen molar-refractivity contribution in [3.63, 3.8) is 0 Å². The van der Waals surface area contributed by atoms with Gasteiger partial charge in [0.2, 0.25) is 5.78 Å². The molecule has 0 radical (unpaired) electrons. The molecule has 0 saturated carbocycles. The van der Waals surface area contributed by atoms with Gasteiger partial charge in [0.1, 0.15) is 10.7 Å². The first-order chi connectivity index (χ1) is 7.32. The predicted octanol–water partition coefficient (Wildman–Crippen LogP) is 1.87. The first kappa shape index (κ1) is 13.0. The van der Waals surface area contributed by atoms with E-state index in [2.05, 4.69) is 6.58 Å². The van der Waals surface area contributed by atoms with E-state index in [1.165, 1.54) is 0 Å². The zero-order valence-electron chi connectivity index (χ0n) is 7.81. The SMILES string of the molecule is C=CCN1NC(Cl)=C(C(=O)C(F)F)C1(F)F. The maximum Gasteiger partial charge on any atom is 0.354 e. The molecule has 8 heteroatoms. The van der Waals surface area contributed by atoms with Gasteiger partial charge in [-0.2, -0.15) is 13.8 Å². The fraction of sp³-hybridized carbons (Fsp3) is 0.375. The third-order valence-electron chi connectivity index (χ3n) is 1.85. The van der Waals surface area contributed by atoms with Crippen molar-refractivity contribution >= 4 is 17.4 Å². The van der Waals surface area contributed by atoms with Crippen molar-refractivity contribution in [3.05, 3.63) is 23.4 Å². The van der Waals surface area contributed by atoms with Crippen molar-refractivity contribution in [2.75, 3.05) is 6.54 Å². The van der Waals surface area contributed by atoms with Crippen molar-refractivity contribution in [2.24, 2.45) is 0 Å². The minimum Gasteiger partial charge on any atom is -0.303 e. The zero-order valence-corrected chi connectivity index (χ0v) is 8.57. The maximum absolute atomic E-state index is 13.4. The largest absolute Gasteiger partial charge is 0.354 e. The lowest BCUT2D eigenvalue weighted by Crippen LogP contribution is -2.45. The summed E-state index contributed by atoms with van der Waals surface area (Å²) in [6.07, 6.45) is -2.42. The van der Waals surface area contributed by atoms with Crippen molar-refractivity contribution < 1.29 is 22.4 Å². The standard InChI is InChI=1S/C8H7ClF4N2O/c1-2-3-15-8(12,13)4(6(9)14-15)5(16)7(10)11/h2,7,14H,1,3H2. The number of nitrogens with one attached hydrogen (secondary N) is 1. The van der Waals surface area contributed by atoms with Gasteiger partial charge in [-0.3, -0.25) is 4.79 Å². The highest BCUT2D eigenvalue weighted by Crippen LogP contribution is 2.37. The lowest BCUT2D eigenvalue weighted by atomic mass is 10.1. The van der Waals surface area contributed by atoms with E-state index in [0.29, 0.717) is 0 Å². The van der Waals surface area contributed by atoms with Gasteiger partial charge >= 0.3 is 12.5 Å². The summed E-state index contributed by atoms with van der Waals surface area (Å²) in [6.45, 7) is 2.85. The summed E-state index contributed by atoms with van der Waals surface area (Å²) in [5.74, 6) is -1.99. The van der Waals surface area contributed by atoms with E-state index in [0.717, 1.165) is 6.08 Å². The molecule has 1 rings (SSSR count). The van der Waals surface area contributed by atoms with Crippen molar-refractivity contribution in [2.45, 2.75) is 12.5 Å². The van der Waals surface area contributed by atoms with Gasteiger partial charge in [-0.1, -0.05) is 17.7 Å². The number of ketones is 1. The Morgan fingerprint density at radius 2 is 2.19 bits per heavy atom. The topological polar surface area (TPSA) is 32.3 Å². The maximum atomic E-state index is 13.4. The quantitative estimate of drug-likeness (QED) is 0.475. The number of halogens is 5. The lowest BCUT2D eigenvalue weighted by Gasteiger charge is -2.23. The van der Waals surface area contributed by atoms with E-state index in [9.17, 15) is 22.4 Å². The van der Waals surface area contributed by atoms with Crippen LogP contribution in [-0.2, 0) is 4.79 Å². The van der Waals surface area contributed by atoms with E-state index in [1.807, 2.05) is 5.43 Å². The lowest BCUT2D eigenvalue weighted by molar-refractivity contribution is -0.140. The summed E-state index contributed by atoms with van der Waals surface area (Å²) < 4.78 is 51.0.